The molecule has 1 aromatic heterocycles. The van der Waals surface area contributed by atoms with Crippen molar-refractivity contribution < 1.29 is 18.7 Å². The summed E-state index contributed by atoms with van der Waals surface area (Å²) in [5.74, 6) is -1.25. The van der Waals surface area contributed by atoms with Crippen molar-refractivity contribution in [3.05, 3.63) is 65.0 Å². The van der Waals surface area contributed by atoms with Crippen LogP contribution in [0.3, 0.4) is 0 Å². The molecule has 2 aromatic carbocycles. The van der Waals surface area contributed by atoms with E-state index >= 15 is 0 Å². The highest BCUT2D eigenvalue weighted by Crippen LogP contribution is 2.21. The number of benzene rings is 2. The minimum Gasteiger partial charge on any atom is -0.465 e. The van der Waals surface area contributed by atoms with Gasteiger partial charge >= 0.3 is 17.8 Å². The number of esters is 1. The Morgan fingerprint density at radius 3 is 2.52 bits per heavy atom. The van der Waals surface area contributed by atoms with Crippen molar-refractivity contribution in [2.45, 2.75) is 0 Å². The maximum Gasteiger partial charge on any atom is 0.339 e. The van der Waals surface area contributed by atoms with Crippen LogP contribution in [0, 0.1) is 0 Å². The monoisotopic (exact) mass is 357 g/mol. The molecule has 7 nitrogen and oxygen atoms in total. The van der Waals surface area contributed by atoms with Crippen molar-refractivity contribution >= 4 is 29.2 Å². The summed E-state index contributed by atoms with van der Waals surface area (Å²) in [4.78, 5) is 24.0. The quantitative estimate of drug-likeness (QED) is 0.719. The van der Waals surface area contributed by atoms with Crippen molar-refractivity contribution in [1.29, 1.82) is 0 Å². The third-order valence-electron chi connectivity index (χ3n) is 3.29. The standard InChI is InChI=1S/C17H12ClN3O4/c1-24-17(23)12-4-2-3-5-13(12)19-14(22)16-21-20-15(25-16)10-6-8-11(18)9-7-10/h2-9H,1H3,(H,19,22). The fourth-order valence-corrected chi connectivity index (χ4v) is 2.21. The van der Waals surface area contributed by atoms with Gasteiger partial charge in [-0.15, -0.1) is 10.2 Å². The normalized spacial score (nSPS) is 10.3. The van der Waals surface area contributed by atoms with Crippen LogP contribution in [0.25, 0.3) is 11.5 Å². The maximum atomic E-state index is 12.3. The van der Waals surface area contributed by atoms with Crippen molar-refractivity contribution in [3.8, 4) is 11.5 Å². The predicted octanol–water partition coefficient (Wildman–Crippen LogP) is 3.43. The molecular formula is C17H12ClN3O4. The Bertz CT molecular complexity index is 922. The van der Waals surface area contributed by atoms with E-state index in [2.05, 4.69) is 20.3 Å². The minimum atomic E-state index is -0.635. The Morgan fingerprint density at radius 1 is 1.08 bits per heavy atom. The van der Waals surface area contributed by atoms with Crippen LogP contribution in [0.1, 0.15) is 21.0 Å². The first kappa shape index (κ1) is 16.7. The molecule has 3 aromatic rings. The topological polar surface area (TPSA) is 94.3 Å². The number of amides is 1. The number of halogens is 1. The van der Waals surface area contributed by atoms with E-state index < -0.39 is 11.9 Å². The number of nitrogens with zero attached hydrogens (tertiary/aromatic N) is 2. The van der Waals surface area contributed by atoms with Gasteiger partial charge in [0, 0.05) is 10.6 Å². The molecule has 0 aliphatic heterocycles. The summed E-state index contributed by atoms with van der Waals surface area (Å²) in [7, 11) is 1.26. The third-order valence-corrected chi connectivity index (χ3v) is 3.54. The van der Waals surface area contributed by atoms with Crippen LogP contribution in [0.2, 0.25) is 5.02 Å². The highest BCUT2D eigenvalue weighted by molar-refractivity contribution is 6.30. The molecule has 126 valence electrons. The Labute approximate surface area is 147 Å². The second kappa shape index (κ2) is 7.14. The van der Waals surface area contributed by atoms with Crippen LogP contribution in [0.5, 0.6) is 0 Å². The average molecular weight is 358 g/mol. The number of aromatic nitrogens is 2. The van der Waals surface area contributed by atoms with Crippen molar-refractivity contribution in [1.82, 2.24) is 10.2 Å². The van der Waals surface area contributed by atoms with E-state index in [0.29, 0.717) is 10.6 Å². The van der Waals surface area contributed by atoms with Crippen LogP contribution >= 0.6 is 11.6 Å². The molecule has 0 bridgehead atoms. The number of hydrogen-bond acceptors (Lipinski definition) is 6. The molecule has 0 aliphatic rings. The Hall–Kier alpha value is -3.19. The number of nitrogens with one attached hydrogen (secondary N) is 1. The van der Waals surface area contributed by atoms with E-state index in [1.807, 2.05) is 0 Å². The molecule has 8 heteroatoms. The van der Waals surface area contributed by atoms with Gasteiger partial charge in [0.2, 0.25) is 5.89 Å². The summed E-state index contributed by atoms with van der Waals surface area (Å²) >= 11 is 5.83. The number of para-hydroxylation sites is 1. The van der Waals surface area contributed by atoms with Crippen molar-refractivity contribution in [2.75, 3.05) is 12.4 Å². The summed E-state index contributed by atoms with van der Waals surface area (Å²) in [6.07, 6.45) is 0. The molecule has 0 saturated heterocycles. The van der Waals surface area contributed by atoms with Gasteiger partial charge < -0.3 is 14.5 Å². The molecule has 3 rings (SSSR count). The molecule has 1 amide bonds. The summed E-state index contributed by atoms with van der Waals surface area (Å²) < 4.78 is 10.1. The molecule has 0 spiro atoms. The SMILES string of the molecule is COC(=O)c1ccccc1NC(=O)c1nnc(-c2ccc(Cl)cc2)o1. The van der Waals surface area contributed by atoms with E-state index in [1.165, 1.54) is 13.2 Å². The van der Waals surface area contributed by atoms with Crippen LogP contribution in [0.4, 0.5) is 5.69 Å². The lowest BCUT2D eigenvalue weighted by atomic mass is 10.2. The number of hydrogen-bond donors (Lipinski definition) is 1. The molecule has 1 heterocycles. The number of methoxy groups -OCH3 is 1. The molecular weight excluding hydrogens is 346 g/mol. The lowest BCUT2D eigenvalue weighted by molar-refractivity contribution is 0.0602. The number of anilines is 1. The van der Waals surface area contributed by atoms with Gasteiger partial charge in [-0.1, -0.05) is 23.7 Å². The van der Waals surface area contributed by atoms with Gasteiger partial charge in [0.1, 0.15) is 0 Å². The van der Waals surface area contributed by atoms with Crippen molar-refractivity contribution in [2.24, 2.45) is 0 Å². The van der Waals surface area contributed by atoms with E-state index in [4.69, 9.17) is 16.0 Å². The molecule has 1 N–H and O–H groups in total. The average Bonchev–Trinajstić information content (AvgIpc) is 3.12. The van der Waals surface area contributed by atoms with Crippen molar-refractivity contribution in [3.63, 3.8) is 0 Å². The third kappa shape index (κ3) is 3.67. The number of ether oxygens (including phenoxy) is 1. The van der Waals surface area contributed by atoms with Gasteiger partial charge in [-0.05, 0) is 36.4 Å². The van der Waals surface area contributed by atoms with Crippen LogP contribution < -0.4 is 5.32 Å². The smallest absolute Gasteiger partial charge is 0.339 e. The summed E-state index contributed by atoms with van der Waals surface area (Å²) in [5.41, 5.74) is 1.13. The predicted molar refractivity (Wildman–Crippen MR) is 90.5 cm³/mol. The lowest BCUT2D eigenvalue weighted by Gasteiger charge is -2.07. The van der Waals surface area contributed by atoms with Gasteiger partial charge in [0.05, 0.1) is 18.4 Å². The van der Waals surface area contributed by atoms with Gasteiger partial charge in [0.25, 0.3) is 0 Å². The number of carbonyl (C=O) groups excluding carboxylic acids is 2. The van der Waals surface area contributed by atoms with Crippen LogP contribution in [0.15, 0.2) is 52.9 Å². The second-order valence-corrected chi connectivity index (χ2v) is 5.35. The molecule has 0 aliphatic carbocycles. The fraction of sp³-hybridized carbons (Fsp3) is 0.0588. The number of carbonyl (C=O) groups is 2. The largest absolute Gasteiger partial charge is 0.465 e. The first-order valence-electron chi connectivity index (χ1n) is 7.16. The molecule has 0 fully saturated rings. The molecule has 0 atom stereocenters. The molecule has 0 saturated carbocycles. The molecule has 0 unspecified atom stereocenters. The second-order valence-electron chi connectivity index (χ2n) is 4.91. The van der Waals surface area contributed by atoms with Gasteiger partial charge in [-0.3, -0.25) is 4.79 Å². The fourth-order valence-electron chi connectivity index (χ4n) is 2.08. The Kier molecular flexibility index (Phi) is 4.76. The lowest BCUT2D eigenvalue weighted by Crippen LogP contribution is -2.15. The first-order valence-corrected chi connectivity index (χ1v) is 7.54. The van der Waals surface area contributed by atoms with Gasteiger partial charge in [-0.2, -0.15) is 0 Å². The number of rotatable bonds is 4. The van der Waals surface area contributed by atoms with E-state index in [9.17, 15) is 9.59 Å². The highest BCUT2D eigenvalue weighted by Gasteiger charge is 2.19. The van der Waals surface area contributed by atoms with Gasteiger partial charge in [0.15, 0.2) is 0 Å². The van der Waals surface area contributed by atoms with E-state index in [0.717, 1.165) is 0 Å². The van der Waals surface area contributed by atoms with E-state index in [1.54, 1.807) is 42.5 Å². The Balaban J connectivity index is 1.81. The zero-order chi connectivity index (χ0) is 17.8. The molecule has 0 radical (unpaired) electrons. The zero-order valence-electron chi connectivity index (χ0n) is 13.0. The maximum absolute atomic E-state index is 12.3. The summed E-state index contributed by atoms with van der Waals surface area (Å²) in [5, 5.41) is 10.7. The first-order chi connectivity index (χ1) is 12.1. The summed E-state index contributed by atoms with van der Waals surface area (Å²) in [6, 6.07) is 13.2. The van der Waals surface area contributed by atoms with E-state index in [-0.39, 0.29) is 23.0 Å². The van der Waals surface area contributed by atoms with Crippen LogP contribution in [-0.2, 0) is 4.74 Å². The van der Waals surface area contributed by atoms with Crippen LogP contribution in [-0.4, -0.2) is 29.2 Å². The molecule has 25 heavy (non-hydrogen) atoms. The highest BCUT2D eigenvalue weighted by atomic mass is 35.5. The van der Waals surface area contributed by atoms with Gasteiger partial charge in [-0.25, -0.2) is 4.79 Å². The summed E-state index contributed by atoms with van der Waals surface area (Å²) in [6.45, 7) is 0. The zero-order valence-corrected chi connectivity index (χ0v) is 13.8. The Morgan fingerprint density at radius 2 is 1.80 bits per heavy atom. The minimum absolute atomic E-state index is 0.183.